The summed E-state index contributed by atoms with van der Waals surface area (Å²) in [5.74, 6) is -1.15. The molecule has 2 aromatic rings. The molecular formula is C16H15Cl2F2N. The van der Waals surface area contributed by atoms with Crippen LogP contribution < -0.4 is 5.32 Å². The summed E-state index contributed by atoms with van der Waals surface area (Å²) in [5.41, 5.74) is 1.28. The Morgan fingerprint density at radius 3 is 2.48 bits per heavy atom. The van der Waals surface area contributed by atoms with Gasteiger partial charge in [0.1, 0.15) is 11.6 Å². The van der Waals surface area contributed by atoms with Crippen molar-refractivity contribution in [2.24, 2.45) is 0 Å². The Labute approximate surface area is 132 Å². The number of hydrogen-bond acceptors (Lipinski definition) is 1. The van der Waals surface area contributed by atoms with Crippen LogP contribution in [0.5, 0.6) is 0 Å². The second-order valence-corrected chi connectivity index (χ2v) is 5.56. The molecule has 0 aliphatic rings. The van der Waals surface area contributed by atoms with Crippen LogP contribution >= 0.6 is 23.2 Å². The molecule has 0 saturated heterocycles. The number of nitrogens with one attached hydrogen (secondary N) is 1. The van der Waals surface area contributed by atoms with Crippen LogP contribution in [-0.2, 0) is 6.42 Å². The minimum Gasteiger partial charge on any atom is -0.310 e. The lowest BCUT2D eigenvalue weighted by Gasteiger charge is -2.20. The van der Waals surface area contributed by atoms with Gasteiger partial charge in [0.2, 0.25) is 0 Å². The van der Waals surface area contributed by atoms with Crippen molar-refractivity contribution in [1.29, 1.82) is 0 Å². The van der Waals surface area contributed by atoms with Crippen LogP contribution in [0.15, 0.2) is 36.4 Å². The fraction of sp³-hybridized carbons (Fsp3) is 0.250. The van der Waals surface area contributed by atoms with Crippen molar-refractivity contribution >= 4 is 23.2 Å². The predicted octanol–water partition coefficient (Wildman–Crippen LogP) is 5.16. The van der Waals surface area contributed by atoms with Crippen molar-refractivity contribution in [1.82, 2.24) is 5.32 Å². The first-order chi connectivity index (χ1) is 10.0. The molecule has 0 bridgehead atoms. The minimum atomic E-state index is -0.587. The summed E-state index contributed by atoms with van der Waals surface area (Å²) in [6, 6.07) is 8.54. The van der Waals surface area contributed by atoms with Gasteiger partial charge in [-0.1, -0.05) is 42.3 Å². The van der Waals surface area contributed by atoms with E-state index in [4.69, 9.17) is 23.2 Å². The summed E-state index contributed by atoms with van der Waals surface area (Å²) in [7, 11) is 0. The van der Waals surface area contributed by atoms with E-state index in [0.717, 1.165) is 11.6 Å². The molecule has 1 N–H and O–H groups in total. The number of rotatable bonds is 5. The predicted molar refractivity (Wildman–Crippen MR) is 82.9 cm³/mol. The highest BCUT2D eigenvalue weighted by atomic mass is 35.5. The second kappa shape index (κ2) is 7.21. The summed E-state index contributed by atoms with van der Waals surface area (Å²) in [6.45, 7) is 2.59. The zero-order chi connectivity index (χ0) is 15.4. The number of benzene rings is 2. The quantitative estimate of drug-likeness (QED) is 0.798. The zero-order valence-corrected chi connectivity index (χ0v) is 13.0. The molecule has 0 spiro atoms. The van der Waals surface area contributed by atoms with Crippen LogP contribution in [0.1, 0.15) is 24.1 Å². The molecule has 0 fully saturated rings. The first kappa shape index (κ1) is 16.2. The van der Waals surface area contributed by atoms with Gasteiger partial charge in [-0.15, -0.1) is 0 Å². The molecular weight excluding hydrogens is 315 g/mol. The molecule has 0 aliphatic carbocycles. The van der Waals surface area contributed by atoms with Crippen LogP contribution in [0.25, 0.3) is 0 Å². The Morgan fingerprint density at radius 1 is 1.10 bits per heavy atom. The van der Waals surface area contributed by atoms with Crippen molar-refractivity contribution in [3.63, 3.8) is 0 Å². The topological polar surface area (TPSA) is 12.0 Å². The van der Waals surface area contributed by atoms with Crippen molar-refractivity contribution < 1.29 is 8.78 Å². The zero-order valence-electron chi connectivity index (χ0n) is 11.5. The molecule has 21 heavy (non-hydrogen) atoms. The van der Waals surface area contributed by atoms with Gasteiger partial charge in [-0.3, -0.25) is 0 Å². The second-order valence-electron chi connectivity index (χ2n) is 4.72. The van der Waals surface area contributed by atoms with Crippen molar-refractivity contribution in [3.05, 3.63) is 69.2 Å². The number of hydrogen-bond donors (Lipinski definition) is 1. The monoisotopic (exact) mass is 329 g/mol. The third-order valence-electron chi connectivity index (χ3n) is 3.23. The summed E-state index contributed by atoms with van der Waals surface area (Å²) in [5, 5.41) is 4.28. The Bertz CT molecular complexity index is 632. The molecule has 5 heteroatoms. The lowest BCUT2D eigenvalue weighted by Crippen LogP contribution is -2.24. The highest BCUT2D eigenvalue weighted by Gasteiger charge is 2.17. The van der Waals surface area contributed by atoms with Crippen molar-refractivity contribution in [2.75, 3.05) is 6.54 Å². The van der Waals surface area contributed by atoms with E-state index < -0.39 is 11.6 Å². The number of likely N-dealkylation sites (N-methyl/N-ethyl adjacent to an activating group) is 1. The Hall–Kier alpha value is -1.16. The number of halogens is 4. The van der Waals surface area contributed by atoms with E-state index >= 15 is 0 Å². The molecule has 2 rings (SSSR count). The Kier molecular flexibility index (Phi) is 5.57. The smallest absolute Gasteiger partial charge is 0.130 e. The van der Waals surface area contributed by atoms with E-state index in [1.54, 1.807) is 12.1 Å². The van der Waals surface area contributed by atoms with Crippen LogP contribution in [-0.4, -0.2) is 6.54 Å². The first-order valence-corrected chi connectivity index (χ1v) is 7.39. The van der Waals surface area contributed by atoms with E-state index in [9.17, 15) is 8.78 Å². The molecule has 2 aromatic carbocycles. The third kappa shape index (κ3) is 4.16. The lowest BCUT2D eigenvalue weighted by molar-refractivity contribution is 0.502. The van der Waals surface area contributed by atoms with Gasteiger partial charge >= 0.3 is 0 Å². The molecule has 0 aliphatic heterocycles. The van der Waals surface area contributed by atoms with E-state index in [1.807, 2.05) is 13.0 Å². The van der Waals surface area contributed by atoms with Crippen LogP contribution in [0.2, 0.25) is 10.0 Å². The summed E-state index contributed by atoms with van der Waals surface area (Å²) >= 11 is 12.0. The van der Waals surface area contributed by atoms with Crippen LogP contribution in [0.3, 0.4) is 0 Å². The van der Waals surface area contributed by atoms with Gasteiger partial charge in [-0.25, -0.2) is 8.78 Å². The summed E-state index contributed by atoms with van der Waals surface area (Å²) in [4.78, 5) is 0. The SMILES string of the molecule is CCNC(Cc1ccc(Cl)cc1Cl)c1ccc(F)cc1F. The van der Waals surface area contributed by atoms with E-state index in [-0.39, 0.29) is 6.04 Å². The van der Waals surface area contributed by atoms with Gasteiger partial charge < -0.3 is 5.32 Å². The third-order valence-corrected chi connectivity index (χ3v) is 3.81. The van der Waals surface area contributed by atoms with Gasteiger partial charge in [-0.2, -0.15) is 0 Å². The standard InChI is InChI=1S/C16H15Cl2F2N/c1-2-21-16(13-6-5-12(19)9-15(13)20)7-10-3-4-11(17)8-14(10)18/h3-6,8-9,16,21H,2,7H2,1H3. The summed E-state index contributed by atoms with van der Waals surface area (Å²) in [6.07, 6.45) is 0.492. The first-order valence-electron chi connectivity index (χ1n) is 6.63. The highest BCUT2D eigenvalue weighted by molar-refractivity contribution is 6.35. The molecule has 0 amide bonds. The maximum atomic E-state index is 14.0. The molecule has 1 unspecified atom stereocenters. The lowest BCUT2D eigenvalue weighted by atomic mass is 9.98. The minimum absolute atomic E-state index is 0.283. The van der Waals surface area contributed by atoms with Gasteiger partial charge in [0.15, 0.2) is 0 Å². The summed E-state index contributed by atoms with van der Waals surface area (Å²) < 4.78 is 27.0. The van der Waals surface area contributed by atoms with E-state index in [1.165, 1.54) is 12.1 Å². The molecule has 1 atom stereocenters. The van der Waals surface area contributed by atoms with Gasteiger partial charge in [0.05, 0.1) is 0 Å². The maximum absolute atomic E-state index is 14.0. The van der Waals surface area contributed by atoms with Gasteiger partial charge in [-0.05, 0) is 36.7 Å². The molecule has 0 radical (unpaired) electrons. The normalized spacial score (nSPS) is 12.4. The highest BCUT2D eigenvalue weighted by Crippen LogP contribution is 2.27. The largest absolute Gasteiger partial charge is 0.310 e. The maximum Gasteiger partial charge on any atom is 0.130 e. The molecule has 112 valence electrons. The average molecular weight is 330 g/mol. The fourth-order valence-electron chi connectivity index (χ4n) is 2.23. The van der Waals surface area contributed by atoms with Gasteiger partial charge in [0.25, 0.3) is 0 Å². The average Bonchev–Trinajstić information content (AvgIpc) is 2.41. The van der Waals surface area contributed by atoms with Crippen molar-refractivity contribution in [2.45, 2.75) is 19.4 Å². The Morgan fingerprint density at radius 2 is 1.86 bits per heavy atom. The van der Waals surface area contributed by atoms with Gasteiger partial charge in [0, 0.05) is 27.7 Å². The molecule has 0 heterocycles. The van der Waals surface area contributed by atoms with Crippen molar-refractivity contribution in [3.8, 4) is 0 Å². The molecule has 0 aromatic heterocycles. The van der Waals surface area contributed by atoms with Crippen LogP contribution in [0.4, 0.5) is 8.78 Å². The fourth-order valence-corrected chi connectivity index (χ4v) is 2.72. The Balaban J connectivity index is 2.30. The molecule has 1 nitrogen and oxygen atoms in total. The van der Waals surface area contributed by atoms with E-state index in [2.05, 4.69) is 5.32 Å². The molecule has 0 saturated carbocycles. The van der Waals surface area contributed by atoms with Crippen LogP contribution in [0, 0.1) is 11.6 Å². The van der Waals surface area contributed by atoms with E-state index in [0.29, 0.717) is 28.6 Å².